The summed E-state index contributed by atoms with van der Waals surface area (Å²) in [5, 5.41) is 9.82. The van der Waals surface area contributed by atoms with E-state index in [4.69, 9.17) is 5.21 Å². The molecule has 0 saturated carbocycles. The van der Waals surface area contributed by atoms with E-state index in [9.17, 15) is 18.4 Å². The molecule has 8 heteroatoms. The number of hydroxylamine groups is 1. The standard InChI is InChI=1S/C24H23F2N3O3/c25-24(26)13-28(14-24)12-17-8-9-20(30)21-18-6-1-2-7-19(18)29(22(17)21)11-15-4-3-5-16(10-15)23(31)27-32/h1-7,10,17,32H,8-9,11-14H2,(H,27,31). The van der Waals surface area contributed by atoms with Crippen LogP contribution in [0.25, 0.3) is 10.9 Å². The number of amides is 1. The molecule has 32 heavy (non-hydrogen) atoms. The normalized spacial score (nSPS) is 20.1. The Morgan fingerprint density at radius 1 is 1.16 bits per heavy atom. The number of nitrogens with one attached hydrogen (secondary N) is 1. The van der Waals surface area contributed by atoms with Crippen LogP contribution in [0, 0.1) is 0 Å². The first-order valence-electron chi connectivity index (χ1n) is 10.6. The van der Waals surface area contributed by atoms with E-state index in [0.29, 0.717) is 37.1 Å². The zero-order valence-corrected chi connectivity index (χ0v) is 17.4. The molecule has 1 saturated heterocycles. The van der Waals surface area contributed by atoms with Gasteiger partial charge in [0.15, 0.2) is 5.78 Å². The molecular weight excluding hydrogens is 416 g/mol. The van der Waals surface area contributed by atoms with Crippen molar-refractivity contribution >= 4 is 22.6 Å². The van der Waals surface area contributed by atoms with Crippen molar-refractivity contribution in [2.75, 3.05) is 19.6 Å². The van der Waals surface area contributed by atoms with E-state index in [1.54, 1.807) is 28.6 Å². The number of carbonyl (C=O) groups excluding carboxylic acids is 2. The van der Waals surface area contributed by atoms with E-state index >= 15 is 0 Å². The first-order chi connectivity index (χ1) is 15.4. The number of hydrogen-bond donors (Lipinski definition) is 2. The van der Waals surface area contributed by atoms with Crippen LogP contribution in [0.2, 0.25) is 0 Å². The number of ketones is 1. The Bertz CT molecular complexity index is 1210. The highest BCUT2D eigenvalue weighted by molar-refractivity contribution is 6.10. The van der Waals surface area contributed by atoms with Crippen molar-refractivity contribution < 1.29 is 23.6 Å². The number of aromatic nitrogens is 1. The van der Waals surface area contributed by atoms with Gasteiger partial charge >= 0.3 is 0 Å². The molecule has 5 rings (SSSR count). The molecule has 2 heterocycles. The lowest BCUT2D eigenvalue weighted by atomic mass is 9.84. The monoisotopic (exact) mass is 439 g/mol. The molecule has 6 nitrogen and oxygen atoms in total. The van der Waals surface area contributed by atoms with E-state index in [-0.39, 0.29) is 24.8 Å². The summed E-state index contributed by atoms with van der Waals surface area (Å²) in [6.07, 6.45) is 1.03. The van der Waals surface area contributed by atoms with Crippen LogP contribution < -0.4 is 5.48 Å². The zero-order valence-electron chi connectivity index (χ0n) is 17.4. The van der Waals surface area contributed by atoms with Gasteiger partial charge in [-0.1, -0.05) is 30.3 Å². The van der Waals surface area contributed by atoms with Crippen LogP contribution in [0.3, 0.4) is 0 Å². The van der Waals surface area contributed by atoms with Crippen molar-refractivity contribution in [3.63, 3.8) is 0 Å². The van der Waals surface area contributed by atoms with Crippen LogP contribution in [0.15, 0.2) is 48.5 Å². The Hall–Kier alpha value is -3.10. The first-order valence-corrected chi connectivity index (χ1v) is 10.6. The summed E-state index contributed by atoms with van der Waals surface area (Å²) in [6, 6.07) is 14.6. The maximum absolute atomic E-state index is 13.4. The van der Waals surface area contributed by atoms with Crippen LogP contribution in [0.1, 0.15) is 50.7 Å². The van der Waals surface area contributed by atoms with Gasteiger partial charge in [0.05, 0.1) is 13.1 Å². The molecule has 0 spiro atoms. The lowest BCUT2D eigenvalue weighted by Gasteiger charge is -2.41. The van der Waals surface area contributed by atoms with Gasteiger partial charge in [0.1, 0.15) is 0 Å². The summed E-state index contributed by atoms with van der Waals surface area (Å²) < 4.78 is 28.9. The predicted octanol–water partition coefficient (Wildman–Crippen LogP) is 3.82. The van der Waals surface area contributed by atoms with Gasteiger partial charge in [-0.3, -0.25) is 19.7 Å². The van der Waals surface area contributed by atoms with Crippen LogP contribution in [-0.2, 0) is 6.54 Å². The lowest BCUT2D eigenvalue weighted by molar-refractivity contribution is -0.132. The minimum Gasteiger partial charge on any atom is -0.339 e. The molecule has 0 bridgehead atoms. The molecule has 0 radical (unpaired) electrons. The van der Waals surface area contributed by atoms with E-state index in [1.807, 2.05) is 30.3 Å². The van der Waals surface area contributed by atoms with Crippen molar-refractivity contribution in [1.29, 1.82) is 0 Å². The largest absolute Gasteiger partial charge is 0.339 e. The average molecular weight is 439 g/mol. The lowest BCUT2D eigenvalue weighted by Crippen LogP contribution is -2.57. The fourth-order valence-electron chi connectivity index (χ4n) is 5.06. The molecule has 1 fully saturated rings. The number of benzene rings is 2. The molecule has 166 valence electrons. The molecule has 1 aromatic heterocycles. The molecule has 2 aliphatic rings. The third-order valence-electron chi connectivity index (χ3n) is 6.42. The van der Waals surface area contributed by atoms with E-state index in [2.05, 4.69) is 4.57 Å². The van der Waals surface area contributed by atoms with E-state index in [1.165, 1.54) is 0 Å². The molecule has 1 aliphatic heterocycles. The highest BCUT2D eigenvalue weighted by Crippen LogP contribution is 2.41. The second-order valence-electron chi connectivity index (χ2n) is 8.69. The van der Waals surface area contributed by atoms with Crippen molar-refractivity contribution in [3.05, 3.63) is 70.9 Å². The predicted molar refractivity (Wildman–Crippen MR) is 114 cm³/mol. The molecule has 1 atom stereocenters. The number of para-hydroxylation sites is 1. The molecule has 3 aromatic rings. The summed E-state index contributed by atoms with van der Waals surface area (Å²) in [7, 11) is 0. The van der Waals surface area contributed by atoms with Gasteiger partial charge < -0.3 is 4.57 Å². The van der Waals surface area contributed by atoms with Gasteiger partial charge in [0, 0.05) is 53.2 Å². The Morgan fingerprint density at radius 2 is 1.94 bits per heavy atom. The van der Waals surface area contributed by atoms with Gasteiger partial charge in [0.25, 0.3) is 11.8 Å². The molecule has 1 unspecified atom stereocenters. The summed E-state index contributed by atoms with van der Waals surface area (Å²) in [6.45, 7) is 0.415. The van der Waals surface area contributed by atoms with Crippen LogP contribution >= 0.6 is 0 Å². The topological polar surface area (TPSA) is 74.6 Å². The number of alkyl halides is 2. The smallest absolute Gasteiger partial charge is 0.274 e. The van der Waals surface area contributed by atoms with Gasteiger partial charge in [0.2, 0.25) is 0 Å². The van der Waals surface area contributed by atoms with Gasteiger partial charge in [-0.15, -0.1) is 0 Å². The quantitative estimate of drug-likeness (QED) is 0.468. The van der Waals surface area contributed by atoms with E-state index < -0.39 is 11.8 Å². The molecule has 1 aliphatic carbocycles. The van der Waals surface area contributed by atoms with Crippen molar-refractivity contribution in [2.24, 2.45) is 0 Å². The number of fused-ring (bicyclic) bond motifs is 3. The Kier molecular flexibility index (Phi) is 5.06. The second kappa shape index (κ2) is 7.79. The fourth-order valence-corrected chi connectivity index (χ4v) is 5.06. The molecular formula is C24H23F2N3O3. The Morgan fingerprint density at radius 3 is 2.69 bits per heavy atom. The number of hydrogen-bond acceptors (Lipinski definition) is 4. The van der Waals surface area contributed by atoms with Crippen molar-refractivity contribution in [2.45, 2.75) is 31.2 Å². The van der Waals surface area contributed by atoms with Gasteiger partial charge in [-0.05, 0) is 30.2 Å². The van der Waals surface area contributed by atoms with Crippen molar-refractivity contribution in [1.82, 2.24) is 14.9 Å². The summed E-state index contributed by atoms with van der Waals surface area (Å²) >= 11 is 0. The zero-order chi connectivity index (χ0) is 22.5. The number of likely N-dealkylation sites (tertiary alicyclic amines) is 1. The highest BCUT2D eigenvalue weighted by atomic mass is 19.3. The minimum absolute atomic E-state index is 0.0323. The minimum atomic E-state index is -2.63. The maximum Gasteiger partial charge on any atom is 0.274 e. The molecule has 1 amide bonds. The number of nitrogens with zero attached hydrogens (tertiary/aromatic N) is 2. The first kappa shape index (κ1) is 20.8. The van der Waals surface area contributed by atoms with Crippen LogP contribution in [0.5, 0.6) is 0 Å². The SMILES string of the molecule is O=C(NO)c1cccc(Cn2c3c(c4ccccc42)C(=O)CCC3CN2CC(F)(F)C2)c1. The Balaban J connectivity index is 1.58. The fraction of sp³-hybridized carbons (Fsp3) is 0.333. The summed E-state index contributed by atoms with van der Waals surface area (Å²) in [5.41, 5.74) is 5.28. The van der Waals surface area contributed by atoms with Crippen LogP contribution in [-0.4, -0.2) is 51.9 Å². The Labute approximate surface area is 183 Å². The summed E-state index contributed by atoms with van der Waals surface area (Å²) in [4.78, 5) is 26.5. The number of Topliss-reactive ketones (excluding diaryl/α,β-unsaturated/α-hetero) is 1. The van der Waals surface area contributed by atoms with Gasteiger partial charge in [-0.2, -0.15) is 0 Å². The molecule has 2 aromatic carbocycles. The number of carbonyl (C=O) groups is 2. The third kappa shape index (κ3) is 3.59. The highest BCUT2D eigenvalue weighted by Gasteiger charge is 2.45. The number of halogens is 2. The van der Waals surface area contributed by atoms with Gasteiger partial charge in [-0.25, -0.2) is 14.3 Å². The maximum atomic E-state index is 13.4. The second-order valence-corrected chi connectivity index (χ2v) is 8.69. The molecule has 2 N–H and O–H groups in total. The number of rotatable bonds is 5. The third-order valence-corrected chi connectivity index (χ3v) is 6.42. The average Bonchev–Trinajstić information content (AvgIpc) is 3.09. The van der Waals surface area contributed by atoms with Crippen molar-refractivity contribution in [3.8, 4) is 0 Å². The summed E-state index contributed by atoms with van der Waals surface area (Å²) in [5.74, 6) is -3.19. The van der Waals surface area contributed by atoms with Crippen LogP contribution in [0.4, 0.5) is 8.78 Å². The van der Waals surface area contributed by atoms with E-state index in [0.717, 1.165) is 22.2 Å².